The van der Waals surface area contributed by atoms with Crippen LogP contribution in [0.5, 0.6) is 5.75 Å². The fourth-order valence-electron chi connectivity index (χ4n) is 1.18. The zero-order valence-electron chi connectivity index (χ0n) is 8.91. The van der Waals surface area contributed by atoms with E-state index < -0.39 is 0 Å². The highest BCUT2D eigenvalue weighted by atomic mass is 32.2. The summed E-state index contributed by atoms with van der Waals surface area (Å²) < 4.78 is 5.52. The lowest BCUT2D eigenvalue weighted by molar-refractivity contribution is 0.338. The van der Waals surface area contributed by atoms with E-state index in [1.54, 1.807) is 11.8 Å². The van der Waals surface area contributed by atoms with Crippen LogP contribution in [-0.4, -0.2) is 12.9 Å². The Hall–Kier alpha value is -0.890. The molecule has 0 aliphatic heterocycles. The van der Waals surface area contributed by atoms with E-state index in [1.165, 1.54) is 11.1 Å². The number of benzene rings is 1. The molecule has 0 spiro atoms. The monoisotopic (exact) mass is 208 g/mol. The third kappa shape index (κ3) is 3.11. The second-order valence-corrected chi connectivity index (χ2v) is 3.74. The Labute approximate surface area is 90.2 Å². The van der Waals surface area contributed by atoms with Crippen molar-refractivity contribution in [1.29, 1.82) is 0 Å². The van der Waals surface area contributed by atoms with Crippen molar-refractivity contribution in [2.45, 2.75) is 13.8 Å². The van der Waals surface area contributed by atoms with Crippen molar-refractivity contribution in [2.75, 3.05) is 12.9 Å². The number of aryl methyl sites for hydroxylation is 1. The zero-order chi connectivity index (χ0) is 10.4. The maximum absolute atomic E-state index is 5.52. The van der Waals surface area contributed by atoms with Crippen molar-refractivity contribution in [3.8, 4) is 5.75 Å². The van der Waals surface area contributed by atoms with Gasteiger partial charge in [0.15, 0.2) is 0 Å². The Morgan fingerprint density at radius 3 is 2.86 bits per heavy atom. The molecule has 0 aliphatic carbocycles. The summed E-state index contributed by atoms with van der Waals surface area (Å²) in [6.45, 7) is 4.79. The summed E-state index contributed by atoms with van der Waals surface area (Å²) in [4.78, 5) is 0. The van der Waals surface area contributed by atoms with Crippen molar-refractivity contribution in [3.05, 3.63) is 34.7 Å². The zero-order valence-corrected chi connectivity index (χ0v) is 9.73. The number of rotatable bonds is 4. The van der Waals surface area contributed by atoms with Crippen molar-refractivity contribution in [2.24, 2.45) is 0 Å². The maximum Gasteiger partial charge on any atom is 0.122 e. The molecule has 1 rings (SSSR count). The van der Waals surface area contributed by atoms with E-state index in [2.05, 4.69) is 36.6 Å². The standard InChI is InChI=1S/C12H16OS/c1-4-13-12-9-11(7-8-14-3)6-5-10(12)2/h5-9H,4H2,1-3H3/b8-7+. The van der Waals surface area contributed by atoms with E-state index in [4.69, 9.17) is 4.74 Å². The predicted octanol–water partition coefficient (Wildman–Crippen LogP) is 3.73. The van der Waals surface area contributed by atoms with Crippen LogP contribution in [0.2, 0.25) is 0 Å². The van der Waals surface area contributed by atoms with Crippen molar-refractivity contribution in [1.82, 2.24) is 0 Å². The van der Waals surface area contributed by atoms with Gasteiger partial charge in [0.1, 0.15) is 5.75 Å². The van der Waals surface area contributed by atoms with Crippen molar-refractivity contribution < 1.29 is 4.74 Å². The molecule has 0 unspecified atom stereocenters. The second kappa shape index (κ2) is 5.76. The minimum atomic E-state index is 0.719. The molecule has 1 aromatic carbocycles. The molecule has 0 aromatic heterocycles. The van der Waals surface area contributed by atoms with E-state index in [0.29, 0.717) is 0 Å². The predicted molar refractivity (Wildman–Crippen MR) is 64.9 cm³/mol. The molecule has 0 aliphatic rings. The van der Waals surface area contributed by atoms with Gasteiger partial charge < -0.3 is 4.74 Å². The van der Waals surface area contributed by atoms with E-state index in [0.717, 1.165) is 12.4 Å². The minimum Gasteiger partial charge on any atom is -0.494 e. The Balaban J connectivity index is 2.88. The van der Waals surface area contributed by atoms with Crippen LogP contribution in [0.4, 0.5) is 0 Å². The van der Waals surface area contributed by atoms with Gasteiger partial charge in [0.25, 0.3) is 0 Å². The van der Waals surface area contributed by atoms with Gasteiger partial charge in [-0.05, 0) is 48.8 Å². The summed E-state index contributed by atoms with van der Waals surface area (Å²) in [5.41, 5.74) is 2.38. The first-order valence-electron chi connectivity index (χ1n) is 4.70. The van der Waals surface area contributed by atoms with Gasteiger partial charge in [0, 0.05) is 0 Å². The molecular weight excluding hydrogens is 192 g/mol. The molecule has 0 atom stereocenters. The minimum absolute atomic E-state index is 0.719. The first-order chi connectivity index (χ1) is 6.77. The molecule has 0 bridgehead atoms. The van der Waals surface area contributed by atoms with Crippen LogP contribution in [0.3, 0.4) is 0 Å². The highest BCUT2D eigenvalue weighted by Gasteiger charge is 1.98. The summed E-state index contributed by atoms with van der Waals surface area (Å²) in [6.07, 6.45) is 4.14. The highest BCUT2D eigenvalue weighted by molar-refractivity contribution is 8.01. The average molecular weight is 208 g/mol. The molecule has 76 valence electrons. The van der Waals surface area contributed by atoms with Crippen LogP contribution in [-0.2, 0) is 0 Å². The topological polar surface area (TPSA) is 9.23 Å². The molecule has 1 nitrogen and oxygen atoms in total. The lowest BCUT2D eigenvalue weighted by Crippen LogP contribution is -1.93. The third-order valence-electron chi connectivity index (χ3n) is 1.91. The summed E-state index contributed by atoms with van der Waals surface area (Å²) in [7, 11) is 0. The van der Waals surface area contributed by atoms with Crippen molar-refractivity contribution in [3.63, 3.8) is 0 Å². The van der Waals surface area contributed by atoms with Crippen LogP contribution in [0.15, 0.2) is 23.6 Å². The van der Waals surface area contributed by atoms with Crippen LogP contribution in [0, 0.1) is 6.92 Å². The molecule has 0 radical (unpaired) electrons. The lowest BCUT2D eigenvalue weighted by atomic mass is 10.1. The summed E-state index contributed by atoms with van der Waals surface area (Å²) in [6, 6.07) is 6.26. The largest absolute Gasteiger partial charge is 0.494 e. The number of thioether (sulfide) groups is 1. The first kappa shape index (κ1) is 11.2. The molecule has 0 saturated carbocycles. The highest BCUT2D eigenvalue weighted by Crippen LogP contribution is 2.20. The number of hydrogen-bond donors (Lipinski definition) is 0. The number of hydrogen-bond acceptors (Lipinski definition) is 2. The molecular formula is C12H16OS. The Morgan fingerprint density at radius 2 is 2.21 bits per heavy atom. The first-order valence-corrected chi connectivity index (χ1v) is 5.99. The molecule has 0 saturated heterocycles. The van der Waals surface area contributed by atoms with Gasteiger partial charge in [0.05, 0.1) is 6.61 Å². The smallest absolute Gasteiger partial charge is 0.122 e. The van der Waals surface area contributed by atoms with Gasteiger partial charge in [0.2, 0.25) is 0 Å². The normalized spacial score (nSPS) is 10.8. The van der Waals surface area contributed by atoms with E-state index in [-0.39, 0.29) is 0 Å². The van der Waals surface area contributed by atoms with Gasteiger partial charge in [-0.3, -0.25) is 0 Å². The fourth-order valence-corrected chi connectivity index (χ4v) is 1.47. The van der Waals surface area contributed by atoms with E-state index >= 15 is 0 Å². The quantitative estimate of drug-likeness (QED) is 0.745. The van der Waals surface area contributed by atoms with Crippen LogP contribution in [0.25, 0.3) is 6.08 Å². The maximum atomic E-state index is 5.52. The van der Waals surface area contributed by atoms with Gasteiger partial charge in [-0.15, -0.1) is 11.8 Å². The van der Waals surface area contributed by atoms with Crippen LogP contribution in [0.1, 0.15) is 18.1 Å². The molecule has 0 heterocycles. The van der Waals surface area contributed by atoms with Gasteiger partial charge >= 0.3 is 0 Å². The molecule has 0 fully saturated rings. The molecule has 0 amide bonds. The number of ether oxygens (including phenoxy) is 1. The fraction of sp³-hybridized carbons (Fsp3) is 0.333. The van der Waals surface area contributed by atoms with Gasteiger partial charge in [-0.25, -0.2) is 0 Å². The second-order valence-electron chi connectivity index (χ2n) is 3.00. The molecule has 2 heteroatoms. The van der Waals surface area contributed by atoms with E-state index in [9.17, 15) is 0 Å². The summed E-state index contributed by atoms with van der Waals surface area (Å²) in [5, 5.41) is 2.07. The molecule has 0 N–H and O–H groups in total. The van der Waals surface area contributed by atoms with Crippen molar-refractivity contribution >= 4 is 17.8 Å². The van der Waals surface area contributed by atoms with Gasteiger partial charge in [-0.1, -0.05) is 12.1 Å². The summed E-state index contributed by atoms with van der Waals surface area (Å²) in [5.74, 6) is 0.982. The SMILES string of the molecule is CCOc1cc(/C=C/SC)ccc1C. The Kier molecular flexibility index (Phi) is 4.60. The summed E-state index contributed by atoms with van der Waals surface area (Å²) >= 11 is 1.70. The molecule has 1 aromatic rings. The van der Waals surface area contributed by atoms with Gasteiger partial charge in [-0.2, -0.15) is 0 Å². The van der Waals surface area contributed by atoms with E-state index in [1.807, 2.05) is 13.2 Å². The molecule has 14 heavy (non-hydrogen) atoms. The average Bonchev–Trinajstić information content (AvgIpc) is 2.19. The third-order valence-corrected chi connectivity index (χ3v) is 2.32. The Morgan fingerprint density at radius 1 is 1.43 bits per heavy atom. The lowest BCUT2D eigenvalue weighted by Gasteiger charge is -2.07. The van der Waals surface area contributed by atoms with Crippen LogP contribution >= 0.6 is 11.8 Å². The Bertz CT molecular complexity index is 318. The van der Waals surface area contributed by atoms with Crippen LogP contribution < -0.4 is 4.74 Å².